The molecule has 0 saturated heterocycles. The molecule has 1 aliphatic heterocycles. The SMILES string of the molecule is Cc1cc(NCCO)ccc1Nc1oc(C=C2C=Nc3ncccc32)c(O)c1C(=O)O. The number of aromatic hydroxyl groups is 1. The summed E-state index contributed by atoms with van der Waals surface area (Å²) in [6.45, 7) is 2.27. The molecule has 9 heteroatoms. The van der Waals surface area contributed by atoms with E-state index < -0.39 is 11.7 Å². The molecule has 0 saturated carbocycles. The zero-order valence-corrected chi connectivity index (χ0v) is 16.6. The monoisotopic (exact) mass is 420 g/mol. The number of nitrogens with one attached hydrogen (secondary N) is 2. The summed E-state index contributed by atoms with van der Waals surface area (Å²) >= 11 is 0. The predicted molar refractivity (Wildman–Crippen MR) is 118 cm³/mol. The summed E-state index contributed by atoms with van der Waals surface area (Å²) in [4.78, 5) is 20.1. The van der Waals surface area contributed by atoms with E-state index in [9.17, 15) is 15.0 Å². The minimum absolute atomic E-state index is 0.00283. The average Bonchev–Trinajstić information content (AvgIpc) is 3.29. The normalized spacial score (nSPS) is 13.4. The van der Waals surface area contributed by atoms with Crippen LogP contribution in [-0.4, -0.2) is 45.6 Å². The number of anilines is 3. The highest BCUT2D eigenvalue weighted by molar-refractivity contribution is 6.21. The largest absolute Gasteiger partial charge is 0.504 e. The number of allylic oxidation sites excluding steroid dienone is 1. The van der Waals surface area contributed by atoms with Gasteiger partial charge in [-0.05, 0) is 48.9 Å². The molecule has 9 nitrogen and oxygen atoms in total. The van der Waals surface area contributed by atoms with Crippen LogP contribution in [0.1, 0.15) is 27.2 Å². The van der Waals surface area contributed by atoms with Crippen molar-refractivity contribution in [3.63, 3.8) is 0 Å². The van der Waals surface area contributed by atoms with Gasteiger partial charge in [0.15, 0.2) is 22.9 Å². The van der Waals surface area contributed by atoms with Gasteiger partial charge >= 0.3 is 5.97 Å². The average molecular weight is 420 g/mol. The topological polar surface area (TPSA) is 140 Å². The number of furan rings is 1. The Bertz CT molecular complexity index is 1210. The Labute approximate surface area is 177 Å². The van der Waals surface area contributed by atoms with Crippen molar-refractivity contribution in [1.82, 2.24) is 4.98 Å². The highest BCUT2D eigenvalue weighted by Gasteiger charge is 2.26. The Morgan fingerprint density at radius 3 is 2.87 bits per heavy atom. The second-order valence-corrected chi connectivity index (χ2v) is 6.86. The summed E-state index contributed by atoms with van der Waals surface area (Å²) < 4.78 is 5.69. The Morgan fingerprint density at radius 1 is 1.29 bits per heavy atom. The van der Waals surface area contributed by atoms with Gasteiger partial charge in [-0.15, -0.1) is 0 Å². The van der Waals surface area contributed by atoms with Gasteiger partial charge < -0.3 is 30.4 Å². The van der Waals surface area contributed by atoms with Gasteiger partial charge in [0, 0.05) is 41.5 Å². The molecule has 0 unspecified atom stereocenters. The Balaban J connectivity index is 1.68. The van der Waals surface area contributed by atoms with Crippen LogP contribution in [-0.2, 0) is 0 Å². The van der Waals surface area contributed by atoms with Crippen molar-refractivity contribution < 1.29 is 24.5 Å². The van der Waals surface area contributed by atoms with Crippen LogP contribution in [0.5, 0.6) is 5.75 Å². The molecule has 0 amide bonds. The van der Waals surface area contributed by atoms with Gasteiger partial charge in [-0.2, -0.15) is 0 Å². The minimum Gasteiger partial charge on any atom is -0.504 e. The number of carboxylic acids is 1. The maximum absolute atomic E-state index is 11.8. The van der Waals surface area contributed by atoms with E-state index in [1.165, 1.54) is 6.08 Å². The number of pyridine rings is 1. The van der Waals surface area contributed by atoms with Crippen molar-refractivity contribution in [2.45, 2.75) is 6.92 Å². The minimum atomic E-state index is -1.32. The van der Waals surface area contributed by atoms with Crippen molar-refractivity contribution in [3.05, 3.63) is 59.0 Å². The lowest BCUT2D eigenvalue weighted by Crippen LogP contribution is -2.06. The summed E-state index contributed by atoms with van der Waals surface area (Å²) in [6.07, 6.45) is 4.73. The smallest absolute Gasteiger partial charge is 0.345 e. The van der Waals surface area contributed by atoms with Gasteiger partial charge in [0.05, 0.1) is 6.61 Å². The molecule has 1 aliphatic rings. The van der Waals surface area contributed by atoms with Crippen LogP contribution in [0, 0.1) is 6.92 Å². The van der Waals surface area contributed by atoms with Gasteiger partial charge in [0.2, 0.25) is 5.88 Å². The number of aromatic carboxylic acids is 1. The first-order chi connectivity index (χ1) is 15.0. The summed E-state index contributed by atoms with van der Waals surface area (Å²) in [6, 6.07) is 8.98. The van der Waals surface area contributed by atoms with Gasteiger partial charge in [0.25, 0.3) is 0 Å². The lowest BCUT2D eigenvalue weighted by Gasteiger charge is -2.11. The number of aliphatic imine (C=N–C) groups is 1. The van der Waals surface area contributed by atoms with Crippen LogP contribution in [0.25, 0.3) is 11.6 Å². The zero-order valence-electron chi connectivity index (χ0n) is 16.6. The standard InChI is InChI=1S/C22H20N4O5/c1-12-9-14(23-7-8-27)4-5-16(12)26-21-18(22(29)30)19(28)17(31-21)10-13-11-25-20-15(13)3-2-6-24-20/h2-6,9-11,23,26-28H,7-8H2,1H3,(H,29,30). The number of aliphatic hydroxyl groups excluding tert-OH is 1. The van der Waals surface area contributed by atoms with Gasteiger partial charge in [-0.25, -0.2) is 14.8 Å². The first-order valence-electron chi connectivity index (χ1n) is 9.50. The molecule has 0 bridgehead atoms. The van der Waals surface area contributed by atoms with Crippen molar-refractivity contribution in [3.8, 4) is 5.75 Å². The van der Waals surface area contributed by atoms with Crippen molar-refractivity contribution in [1.29, 1.82) is 0 Å². The van der Waals surface area contributed by atoms with E-state index in [0.29, 0.717) is 23.6 Å². The number of aliphatic hydroxyl groups is 1. The molecule has 0 fully saturated rings. The summed E-state index contributed by atoms with van der Waals surface area (Å²) in [5, 5.41) is 35.1. The molecule has 5 N–H and O–H groups in total. The maximum Gasteiger partial charge on any atom is 0.345 e. The van der Waals surface area contributed by atoms with Crippen molar-refractivity contribution in [2.24, 2.45) is 4.99 Å². The molecular formula is C22H20N4O5. The van der Waals surface area contributed by atoms with Crippen LogP contribution in [0.2, 0.25) is 0 Å². The number of fused-ring (bicyclic) bond motifs is 1. The lowest BCUT2D eigenvalue weighted by molar-refractivity contribution is 0.0695. The number of hydrogen-bond acceptors (Lipinski definition) is 8. The van der Waals surface area contributed by atoms with Gasteiger partial charge in [-0.3, -0.25) is 0 Å². The molecule has 0 spiro atoms. The number of rotatable bonds is 7. The third-order valence-electron chi connectivity index (χ3n) is 4.75. The first kappa shape index (κ1) is 20.2. The van der Waals surface area contributed by atoms with E-state index in [1.807, 2.05) is 19.1 Å². The molecule has 158 valence electrons. The van der Waals surface area contributed by atoms with E-state index in [2.05, 4.69) is 20.6 Å². The second-order valence-electron chi connectivity index (χ2n) is 6.86. The number of carbonyl (C=O) groups is 1. The number of benzene rings is 1. The van der Waals surface area contributed by atoms with Gasteiger partial charge in [-0.1, -0.05) is 0 Å². The molecule has 0 aliphatic carbocycles. The fraction of sp³-hybridized carbons (Fsp3) is 0.136. The highest BCUT2D eigenvalue weighted by atomic mass is 16.4. The van der Waals surface area contributed by atoms with Gasteiger partial charge in [0.1, 0.15) is 0 Å². The van der Waals surface area contributed by atoms with E-state index in [0.717, 1.165) is 16.8 Å². The molecular weight excluding hydrogens is 400 g/mol. The maximum atomic E-state index is 11.8. The molecule has 3 aromatic rings. The molecule has 2 aromatic heterocycles. The molecule has 31 heavy (non-hydrogen) atoms. The zero-order chi connectivity index (χ0) is 22.0. The second kappa shape index (κ2) is 8.33. The van der Waals surface area contributed by atoms with Crippen molar-refractivity contribution >= 4 is 46.9 Å². The number of aryl methyl sites for hydroxylation is 1. The summed E-state index contributed by atoms with van der Waals surface area (Å²) in [7, 11) is 0. The molecule has 1 aromatic carbocycles. The third-order valence-corrected chi connectivity index (χ3v) is 4.75. The number of aromatic nitrogens is 1. The Morgan fingerprint density at radius 2 is 2.13 bits per heavy atom. The fourth-order valence-electron chi connectivity index (χ4n) is 3.24. The lowest BCUT2D eigenvalue weighted by atomic mass is 10.1. The number of carboxylic acid groups (broad SMARTS) is 1. The van der Waals surface area contributed by atoms with Crippen molar-refractivity contribution in [2.75, 3.05) is 23.8 Å². The molecule has 4 rings (SSSR count). The van der Waals surface area contributed by atoms with E-state index in [-0.39, 0.29) is 23.8 Å². The van der Waals surface area contributed by atoms with Crippen LogP contribution in [0.3, 0.4) is 0 Å². The summed E-state index contributed by atoms with van der Waals surface area (Å²) in [5.41, 5.74) is 3.28. The molecule has 0 atom stereocenters. The number of hydrogen-bond donors (Lipinski definition) is 5. The van der Waals surface area contributed by atoms with Crippen LogP contribution < -0.4 is 10.6 Å². The Kier molecular flexibility index (Phi) is 5.42. The van der Waals surface area contributed by atoms with E-state index in [1.54, 1.807) is 30.6 Å². The Hall–Kier alpha value is -4.11. The molecule has 3 heterocycles. The van der Waals surface area contributed by atoms with E-state index >= 15 is 0 Å². The third kappa shape index (κ3) is 3.99. The van der Waals surface area contributed by atoms with Crippen LogP contribution in [0.4, 0.5) is 23.1 Å². The predicted octanol–water partition coefficient (Wildman–Crippen LogP) is 3.79. The van der Waals surface area contributed by atoms with E-state index in [4.69, 9.17) is 9.52 Å². The first-order valence-corrected chi connectivity index (χ1v) is 9.50. The number of nitrogens with zero attached hydrogens (tertiary/aromatic N) is 2. The highest BCUT2D eigenvalue weighted by Crippen LogP contribution is 2.39. The summed E-state index contributed by atoms with van der Waals surface area (Å²) in [5.74, 6) is -1.35. The fourth-order valence-corrected chi connectivity index (χ4v) is 3.24. The van der Waals surface area contributed by atoms with Crippen LogP contribution in [0.15, 0.2) is 45.9 Å². The van der Waals surface area contributed by atoms with Crippen LogP contribution >= 0.6 is 0 Å². The quantitative estimate of drug-likeness (QED) is 0.389. The molecule has 0 radical (unpaired) electrons.